The van der Waals surface area contributed by atoms with E-state index >= 15 is 0 Å². The molecule has 0 aliphatic rings. The quantitative estimate of drug-likeness (QED) is 0.714. The molecule has 1 aromatic heterocycles. The van der Waals surface area contributed by atoms with Crippen LogP contribution in [-0.2, 0) is 6.42 Å². The second-order valence-corrected chi connectivity index (χ2v) is 6.11. The molecule has 2 aromatic carbocycles. The van der Waals surface area contributed by atoms with Crippen molar-refractivity contribution >= 4 is 17.0 Å². The zero-order valence-electron chi connectivity index (χ0n) is 12.5. The van der Waals surface area contributed by atoms with Crippen LogP contribution in [-0.4, -0.2) is 11.6 Å². The molecule has 0 spiro atoms. The smallest absolute Gasteiger partial charge is 0.119 e. The van der Waals surface area contributed by atoms with Crippen LogP contribution in [0, 0.1) is 6.92 Å². The number of aromatic nitrogens is 1. The van der Waals surface area contributed by atoms with Crippen LogP contribution in [0.15, 0.2) is 53.9 Å². The van der Waals surface area contributed by atoms with E-state index < -0.39 is 0 Å². The Balaban J connectivity index is 1.59. The summed E-state index contributed by atoms with van der Waals surface area (Å²) in [6.07, 6.45) is 0.806. The molecule has 0 saturated heterocycles. The number of aryl methyl sites for hydroxylation is 1. The van der Waals surface area contributed by atoms with Gasteiger partial charge in [0.1, 0.15) is 5.75 Å². The highest BCUT2D eigenvalue weighted by molar-refractivity contribution is 7.09. The van der Waals surface area contributed by atoms with E-state index in [1.165, 1.54) is 5.56 Å². The zero-order valence-corrected chi connectivity index (χ0v) is 13.3. The highest BCUT2D eigenvalue weighted by Crippen LogP contribution is 2.24. The maximum absolute atomic E-state index is 5.81. The molecular weight excluding hydrogens is 292 g/mol. The van der Waals surface area contributed by atoms with Crippen molar-refractivity contribution in [2.45, 2.75) is 13.3 Å². The third-order valence-electron chi connectivity index (χ3n) is 3.34. The number of hydrogen-bond acceptors (Lipinski definition) is 4. The number of ether oxygens (including phenoxy) is 1. The van der Waals surface area contributed by atoms with Crippen LogP contribution in [0.25, 0.3) is 11.3 Å². The molecular formula is C18H18N2OS. The van der Waals surface area contributed by atoms with E-state index in [2.05, 4.69) is 29.4 Å². The lowest BCUT2D eigenvalue weighted by molar-refractivity contribution is 0.322. The fraction of sp³-hybridized carbons (Fsp3) is 0.167. The Labute approximate surface area is 134 Å². The van der Waals surface area contributed by atoms with Gasteiger partial charge in [0, 0.05) is 23.1 Å². The molecule has 0 aliphatic heterocycles. The van der Waals surface area contributed by atoms with Gasteiger partial charge in [-0.05, 0) is 31.2 Å². The Bertz CT molecular complexity index is 750. The van der Waals surface area contributed by atoms with Crippen LogP contribution >= 0.6 is 11.3 Å². The normalized spacial score (nSPS) is 10.6. The Morgan fingerprint density at radius 1 is 1.14 bits per heavy atom. The molecule has 3 aromatic rings. The number of nitrogens with zero attached hydrogens (tertiary/aromatic N) is 1. The molecule has 112 valence electrons. The molecule has 2 N–H and O–H groups in total. The van der Waals surface area contributed by atoms with Gasteiger partial charge in [0.25, 0.3) is 0 Å². The van der Waals surface area contributed by atoms with E-state index in [0.717, 1.165) is 34.1 Å². The number of benzene rings is 2. The molecule has 0 saturated carbocycles. The second-order valence-electron chi connectivity index (χ2n) is 5.16. The average Bonchev–Trinajstić information content (AvgIpc) is 2.98. The number of anilines is 1. The van der Waals surface area contributed by atoms with Gasteiger partial charge < -0.3 is 10.5 Å². The van der Waals surface area contributed by atoms with Gasteiger partial charge in [-0.1, -0.05) is 29.8 Å². The van der Waals surface area contributed by atoms with Crippen molar-refractivity contribution < 1.29 is 4.74 Å². The lowest BCUT2D eigenvalue weighted by atomic mass is 10.1. The fourth-order valence-electron chi connectivity index (χ4n) is 2.15. The van der Waals surface area contributed by atoms with Crippen LogP contribution in [0.4, 0.5) is 5.69 Å². The van der Waals surface area contributed by atoms with Crippen molar-refractivity contribution in [1.29, 1.82) is 0 Å². The number of rotatable bonds is 5. The first-order valence-corrected chi connectivity index (χ1v) is 8.08. The zero-order chi connectivity index (χ0) is 15.4. The monoisotopic (exact) mass is 310 g/mol. The molecule has 4 heteroatoms. The Hall–Kier alpha value is -2.33. The molecule has 22 heavy (non-hydrogen) atoms. The summed E-state index contributed by atoms with van der Waals surface area (Å²) in [5.74, 6) is 0.901. The van der Waals surface area contributed by atoms with Gasteiger partial charge in [-0.15, -0.1) is 11.3 Å². The Morgan fingerprint density at radius 2 is 1.95 bits per heavy atom. The third-order valence-corrected chi connectivity index (χ3v) is 4.25. The van der Waals surface area contributed by atoms with Gasteiger partial charge in [0.15, 0.2) is 0 Å². The predicted molar refractivity (Wildman–Crippen MR) is 92.3 cm³/mol. The maximum Gasteiger partial charge on any atom is 0.119 e. The summed E-state index contributed by atoms with van der Waals surface area (Å²) in [7, 11) is 0. The van der Waals surface area contributed by atoms with E-state index in [9.17, 15) is 0 Å². The number of nitrogens with two attached hydrogens (primary N) is 1. The molecule has 0 radical (unpaired) electrons. The van der Waals surface area contributed by atoms with E-state index in [1.54, 1.807) is 11.3 Å². The minimum atomic E-state index is 0.632. The summed E-state index contributed by atoms with van der Waals surface area (Å²) in [4.78, 5) is 4.65. The Kier molecular flexibility index (Phi) is 4.39. The van der Waals surface area contributed by atoms with Crippen molar-refractivity contribution in [3.63, 3.8) is 0 Å². The van der Waals surface area contributed by atoms with Crippen molar-refractivity contribution in [3.05, 3.63) is 64.5 Å². The van der Waals surface area contributed by atoms with Crippen LogP contribution < -0.4 is 10.5 Å². The van der Waals surface area contributed by atoms with Gasteiger partial charge in [-0.2, -0.15) is 0 Å². The molecule has 0 unspecified atom stereocenters. The molecule has 0 aliphatic carbocycles. The lowest BCUT2D eigenvalue weighted by Crippen LogP contribution is -2.01. The topological polar surface area (TPSA) is 48.1 Å². The van der Waals surface area contributed by atoms with E-state index in [1.807, 2.05) is 36.4 Å². The first-order valence-electron chi connectivity index (χ1n) is 7.20. The van der Waals surface area contributed by atoms with Gasteiger partial charge >= 0.3 is 0 Å². The summed E-state index contributed by atoms with van der Waals surface area (Å²) in [6, 6.07) is 15.9. The maximum atomic E-state index is 5.81. The molecule has 1 heterocycles. The number of hydrogen-bond donors (Lipinski definition) is 1. The molecule has 0 atom stereocenters. The molecule has 0 fully saturated rings. The van der Waals surface area contributed by atoms with Gasteiger partial charge in [0.05, 0.1) is 17.3 Å². The molecule has 0 bridgehead atoms. The number of nitrogen functional groups attached to an aromatic ring is 1. The minimum absolute atomic E-state index is 0.632. The first-order chi connectivity index (χ1) is 10.7. The first kappa shape index (κ1) is 14.6. The van der Waals surface area contributed by atoms with Crippen LogP contribution in [0.5, 0.6) is 5.75 Å². The van der Waals surface area contributed by atoms with Gasteiger partial charge in [0.2, 0.25) is 0 Å². The molecule has 0 amide bonds. The number of thiazole rings is 1. The predicted octanol–water partition coefficient (Wildman–Crippen LogP) is 4.32. The summed E-state index contributed by atoms with van der Waals surface area (Å²) in [5, 5.41) is 3.14. The minimum Gasteiger partial charge on any atom is -0.493 e. The highest BCUT2D eigenvalue weighted by atomic mass is 32.1. The summed E-state index contributed by atoms with van der Waals surface area (Å²) >= 11 is 1.66. The average molecular weight is 310 g/mol. The standard InChI is InChI=1S/C18H18N2OS/c1-13-5-7-16(8-6-13)21-10-9-18-20-17(12-22-18)14-3-2-4-15(19)11-14/h2-8,11-12H,9-10,19H2,1H3. The fourth-order valence-corrected chi connectivity index (χ4v) is 2.94. The van der Waals surface area contributed by atoms with Crippen molar-refractivity contribution in [2.75, 3.05) is 12.3 Å². The Morgan fingerprint density at radius 3 is 2.73 bits per heavy atom. The van der Waals surface area contributed by atoms with Crippen molar-refractivity contribution in [3.8, 4) is 17.0 Å². The third kappa shape index (κ3) is 3.65. The SMILES string of the molecule is Cc1ccc(OCCc2nc(-c3cccc(N)c3)cs2)cc1. The summed E-state index contributed by atoms with van der Waals surface area (Å²) in [6.45, 7) is 2.70. The van der Waals surface area contributed by atoms with E-state index in [-0.39, 0.29) is 0 Å². The summed E-state index contributed by atoms with van der Waals surface area (Å²) < 4.78 is 5.75. The molecule has 3 rings (SSSR count). The van der Waals surface area contributed by atoms with Gasteiger partial charge in [-0.3, -0.25) is 0 Å². The van der Waals surface area contributed by atoms with Gasteiger partial charge in [-0.25, -0.2) is 4.98 Å². The second kappa shape index (κ2) is 6.62. The molecule has 3 nitrogen and oxygen atoms in total. The highest BCUT2D eigenvalue weighted by Gasteiger charge is 2.05. The lowest BCUT2D eigenvalue weighted by Gasteiger charge is -2.04. The van der Waals surface area contributed by atoms with E-state index in [0.29, 0.717) is 6.61 Å². The van der Waals surface area contributed by atoms with Crippen molar-refractivity contribution in [2.24, 2.45) is 0 Å². The van der Waals surface area contributed by atoms with Crippen LogP contribution in [0.1, 0.15) is 10.6 Å². The van der Waals surface area contributed by atoms with Crippen LogP contribution in [0.3, 0.4) is 0 Å². The largest absolute Gasteiger partial charge is 0.493 e. The van der Waals surface area contributed by atoms with Crippen LogP contribution in [0.2, 0.25) is 0 Å². The summed E-state index contributed by atoms with van der Waals surface area (Å²) in [5.41, 5.74) is 9.84. The van der Waals surface area contributed by atoms with Crippen molar-refractivity contribution in [1.82, 2.24) is 4.98 Å². The van der Waals surface area contributed by atoms with E-state index in [4.69, 9.17) is 10.5 Å².